The molecule has 1 N–H and O–H groups in total. The number of hydrogen-bond donors (Lipinski definition) is 1. The van der Waals surface area contributed by atoms with E-state index >= 15 is 0 Å². The Morgan fingerprint density at radius 3 is 2.18 bits per heavy atom. The summed E-state index contributed by atoms with van der Waals surface area (Å²) in [6, 6.07) is 0. The summed E-state index contributed by atoms with van der Waals surface area (Å²) >= 11 is 0. The largest absolute Gasteiger partial charge is 0.469 e. The first kappa shape index (κ1) is 10.4. The van der Waals surface area contributed by atoms with Gasteiger partial charge in [0.25, 0.3) is 0 Å². The Hall–Kier alpha value is -0.570. The average molecular weight is 160 g/mol. The fourth-order valence-electron chi connectivity index (χ4n) is 1.10. The molecule has 0 radical (unpaired) electrons. The number of aliphatic hydroxyl groups is 1. The van der Waals surface area contributed by atoms with Gasteiger partial charge in [0.1, 0.15) is 0 Å². The molecule has 0 aromatic carbocycles. The summed E-state index contributed by atoms with van der Waals surface area (Å²) in [4.78, 5) is 11.0. The quantitative estimate of drug-likeness (QED) is 0.625. The predicted octanol–water partition coefficient (Wildman–Crippen LogP) is 0.956. The van der Waals surface area contributed by atoms with E-state index in [-0.39, 0.29) is 5.97 Å². The van der Waals surface area contributed by atoms with E-state index in [2.05, 4.69) is 4.74 Å². The lowest BCUT2D eigenvalue weighted by molar-refractivity contribution is -0.153. The standard InChI is InChI=1S/C8H16O3/c1-5-6(7(9)11-4)8(2,3)10/h6,10H,5H2,1-4H3. The molecule has 3 heteroatoms. The SMILES string of the molecule is CCC(C(=O)OC)C(C)(C)O. The minimum absolute atomic E-state index is 0.347. The summed E-state index contributed by atoms with van der Waals surface area (Å²) in [5.41, 5.74) is -0.984. The zero-order valence-electron chi connectivity index (χ0n) is 7.55. The van der Waals surface area contributed by atoms with Crippen molar-refractivity contribution >= 4 is 5.97 Å². The third-order valence-electron chi connectivity index (χ3n) is 1.75. The van der Waals surface area contributed by atoms with Crippen LogP contribution in [0.4, 0.5) is 0 Å². The maximum Gasteiger partial charge on any atom is 0.311 e. The fraction of sp³-hybridized carbons (Fsp3) is 0.875. The van der Waals surface area contributed by atoms with E-state index in [1.807, 2.05) is 6.92 Å². The smallest absolute Gasteiger partial charge is 0.311 e. The van der Waals surface area contributed by atoms with Crippen LogP contribution in [0.5, 0.6) is 0 Å². The van der Waals surface area contributed by atoms with Crippen LogP contribution in [0.25, 0.3) is 0 Å². The Bertz CT molecular complexity index is 135. The van der Waals surface area contributed by atoms with Gasteiger partial charge in [-0.15, -0.1) is 0 Å². The number of esters is 1. The van der Waals surface area contributed by atoms with Gasteiger partial charge in [-0.3, -0.25) is 4.79 Å². The van der Waals surface area contributed by atoms with Crippen LogP contribution < -0.4 is 0 Å². The Balaban J connectivity index is 4.29. The highest BCUT2D eigenvalue weighted by molar-refractivity contribution is 5.73. The molecule has 0 saturated carbocycles. The van der Waals surface area contributed by atoms with Crippen LogP contribution in [0.2, 0.25) is 0 Å². The zero-order chi connectivity index (χ0) is 9.07. The molecule has 0 aliphatic rings. The zero-order valence-corrected chi connectivity index (χ0v) is 7.55. The van der Waals surface area contributed by atoms with E-state index in [0.717, 1.165) is 0 Å². The maximum absolute atomic E-state index is 11.0. The molecule has 0 aromatic rings. The highest BCUT2D eigenvalue weighted by Gasteiger charge is 2.32. The molecule has 0 spiro atoms. The van der Waals surface area contributed by atoms with Crippen molar-refractivity contribution in [1.29, 1.82) is 0 Å². The number of hydrogen-bond acceptors (Lipinski definition) is 3. The fourth-order valence-corrected chi connectivity index (χ4v) is 1.10. The third-order valence-corrected chi connectivity index (χ3v) is 1.75. The van der Waals surface area contributed by atoms with Crippen molar-refractivity contribution in [2.24, 2.45) is 5.92 Å². The van der Waals surface area contributed by atoms with E-state index in [1.165, 1.54) is 7.11 Å². The molecular weight excluding hydrogens is 144 g/mol. The summed E-state index contributed by atoms with van der Waals surface area (Å²) < 4.78 is 4.53. The minimum Gasteiger partial charge on any atom is -0.469 e. The molecule has 11 heavy (non-hydrogen) atoms. The van der Waals surface area contributed by atoms with E-state index in [9.17, 15) is 9.90 Å². The molecule has 0 aliphatic heterocycles. The van der Waals surface area contributed by atoms with E-state index in [4.69, 9.17) is 0 Å². The van der Waals surface area contributed by atoms with Crippen LogP contribution >= 0.6 is 0 Å². The van der Waals surface area contributed by atoms with Gasteiger partial charge in [0, 0.05) is 0 Å². The number of carbonyl (C=O) groups excluding carboxylic acids is 1. The van der Waals surface area contributed by atoms with Crippen molar-refractivity contribution in [2.45, 2.75) is 32.8 Å². The molecule has 0 bridgehead atoms. The Kier molecular flexibility index (Phi) is 3.52. The second kappa shape index (κ2) is 3.72. The van der Waals surface area contributed by atoms with E-state index in [0.29, 0.717) is 6.42 Å². The molecule has 0 fully saturated rings. The van der Waals surface area contributed by atoms with Gasteiger partial charge in [-0.1, -0.05) is 6.92 Å². The predicted molar refractivity (Wildman–Crippen MR) is 42.1 cm³/mol. The first-order valence-corrected chi connectivity index (χ1v) is 3.73. The maximum atomic E-state index is 11.0. The number of carbonyl (C=O) groups is 1. The van der Waals surface area contributed by atoms with Crippen molar-refractivity contribution in [3.63, 3.8) is 0 Å². The van der Waals surface area contributed by atoms with Gasteiger partial charge in [0.2, 0.25) is 0 Å². The topological polar surface area (TPSA) is 46.5 Å². The van der Waals surface area contributed by atoms with Crippen LogP contribution in [-0.4, -0.2) is 23.8 Å². The second-order valence-electron chi connectivity index (χ2n) is 3.14. The molecule has 0 aromatic heterocycles. The van der Waals surface area contributed by atoms with Gasteiger partial charge in [-0.05, 0) is 20.3 Å². The summed E-state index contributed by atoms with van der Waals surface area (Å²) in [5.74, 6) is -0.771. The van der Waals surface area contributed by atoms with Crippen LogP contribution in [0.3, 0.4) is 0 Å². The first-order valence-electron chi connectivity index (χ1n) is 3.73. The van der Waals surface area contributed by atoms with Gasteiger partial charge < -0.3 is 9.84 Å². The van der Waals surface area contributed by atoms with Gasteiger partial charge in [0.05, 0.1) is 18.6 Å². The molecule has 1 atom stereocenters. The summed E-state index contributed by atoms with van der Waals surface area (Å²) in [6.45, 7) is 5.07. The molecule has 1 unspecified atom stereocenters. The van der Waals surface area contributed by atoms with Crippen molar-refractivity contribution in [3.05, 3.63) is 0 Å². The Morgan fingerprint density at radius 2 is 2.09 bits per heavy atom. The number of rotatable bonds is 3. The van der Waals surface area contributed by atoms with Gasteiger partial charge in [0.15, 0.2) is 0 Å². The van der Waals surface area contributed by atoms with Crippen molar-refractivity contribution in [3.8, 4) is 0 Å². The van der Waals surface area contributed by atoms with Crippen LogP contribution in [0, 0.1) is 5.92 Å². The van der Waals surface area contributed by atoms with Crippen LogP contribution in [0.1, 0.15) is 27.2 Å². The third kappa shape index (κ3) is 2.89. The normalized spacial score (nSPS) is 14.3. The highest BCUT2D eigenvalue weighted by atomic mass is 16.5. The molecule has 0 rings (SSSR count). The lowest BCUT2D eigenvalue weighted by atomic mass is 9.89. The second-order valence-corrected chi connectivity index (χ2v) is 3.14. The van der Waals surface area contributed by atoms with Crippen LogP contribution in [0.15, 0.2) is 0 Å². The van der Waals surface area contributed by atoms with Crippen LogP contribution in [-0.2, 0) is 9.53 Å². The Labute approximate surface area is 67.4 Å². The molecule has 3 nitrogen and oxygen atoms in total. The molecule has 0 aliphatic carbocycles. The lowest BCUT2D eigenvalue weighted by Gasteiger charge is -2.25. The van der Waals surface area contributed by atoms with Gasteiger partial charge >= 0.3 is 5.97 Å². The number of ether oxygens (including phenoxy) is 1. The highest BCUT2D eigenvalue weighted by Crippen LogP contribution is 2.20. The number of methoxy groups -OCH3 is 1. The van der Waals surface area contributed by atoms with Gasteiger partial charge in [-0.25, -0.2) is 0 Å². The van der Waals surface area contributed by atoms with Gasteiger partial charge in [-0.2, -0.15) is 0 Å². The molecular formula is C8H16O3. The van der Waals surface area contributed by atoms with Crippen molar-refractivity contribution in [1.82, 2.24) is 0 Å². The average Bonchev–Trinajstić information content (AvgIpc) is 1.86. The Morgan fingerprint density at radius 1 is 1.64 bits per heavy atom. The van der Waals surface area contributed by atoms with Crippen molar-refractivity contribution in [2.75, 3.05) is 7.11 Å². The minimum atomic E-state index is -0.984. The lowest BCUT2D eigenvalue weighted by Crippen LogP contribution is -2.36. The molecule has 0 heterocycles. The summed E-state index contributed by atoms with van der Waals surface area (Å²) in [5, 5.41) is 9.48. The molecule has 66 valence electrons. The first-order chi connectivity index (χ1) is 4.93. The summed E-state index contributed by atoms with van der Waals surface area (Å²) in [6.07, 6.45) is 0.593. The molecule has 0 saturated heterocycles. The monoisotopic (exact) mass is 160 g/mol. The summed E-state index contributed by atoms with van der Waals surface area (Å²) in [7, 11) is 1.33. The molecule has 0 amide bonds. The van der Waals surface area contributed by atoms with E-state index < -0.39 is 11.5 Å². The van der Waals surface area contributed by atoms with E-state index in [1.54, 1.807) is 13.8 Å². The van der Waals surface area contributed by atoms with Crippen molar-refractivity contribution < 1.29 is 14.6 Å².